The lowest BCUT2D eigenvalue weighted by Crippen LogP contribution is -2.51. The molecule has 0 radical (unpaired) electrons. The van der Waals surface area contributed by atoms with Crippen molar-refractivity contribution in [2.45, 2.75) is 43.2 Å². The molecule has 0 saturated carbocycles. The molecule has 3 aliphatic rings. The predicted molar refractivity (Wildman–Crippen MR) is 114 cm³/mol. The Hall–Kier alpha value is -1.08. The summed E-state index contributed by atoms with van der Waals surface area (Å²) >= 11 is 1.77. The van der Waals surface area contributed by atoms with Crippen molar-refractivity contribution in [1.29, 1.82) is 0 Å². The van der Waals surface area contributed by atoms with Crippen molar-refractivity contribution < 1.29 is 9.53 Å². The Balaban J connectivity index is 1.34. The summed E-state index contributed by atoms with van der Waals surface area (Å²) < 4.78 is 5.75. The van der Waals surface area contributed by atoms with E-state index >= 15 is 0 Å². The normalized spacial score (nSPS) is 26.8. The van der Waals surface area contributed by atoms with E-state index in [2.05, 4.69) is 27.7 Å². The molecule has 0 bridgehead atoms. The third-order valence-electron chi connectivity index (χ3n) is 6.39. The zero-order valence-electron chi connectivity index (χ0n) is 17.0. The molecule has 0 spiro atoms. The highest BCUT2D eigenvalue weighted by Crippen LogP contribution is 2.29. The van der Waals surface area contributed by atoms with Gasteiger partial charge in [-0.05, 0) is 37.9 Å². The predicted octanol–water partition coefficient (Wildman–Crippen LogP) is 2.81. The quantitative estimate of drug-likeness (QED) is 0.683. The summed E-state index contributed by atoms with van der Waals surface area (Å²) in [6.07, 6.45) is 3.74. The van der Waals surface area contributed by atoms with Crippen molar-refractivity contribution in [2.24, 2.45) is 0 Å². The SMILES string of the molecule is CCN1CCN(C2CCN(C(=O)c3ccccc3SCC3CCCO3)C2)CC1. The largest absolute Gasteiger partial charge is 0.377 e. The number of likely N-dealkylation sites (tertiary alicyclic amines) is 1. The molecule has 2 atom stereocenters. The Morgan fingerprint density at radius 3 is 2.71 bits per heavy atom. The van der Waals surface area contributed by atoms with Crippen molar-refractivity contribution in [3.8, 4) is 0 Å². The topological polar surface area (TPSA) is 36.0 Å². The number of likely N-dealkylation sites (N-methyl/N-ethyl adjacent to an activating group) is 1. The molecular weight excluding hydrogens is 370 g/mol. The van der Waals surface area contributed by atoms with E-state index in [-0.39, 0.29) is 5.91 Å². The molecule has 1 aromatic rings. The van der Waals surface area contributed by atoms with E-state index in [9.17, 15) is 4.79 Å². The number of carbonyl (C=O) groups excluding carboxylic acids is 1. The van der Waals surface area contributed by atoms with Gasteiger partial charge in [0.15, 0.2) is 0 Å². The van der Waals surface area contributed by atoms with Crippen LogP contribution in [-0.2, 0) is 4.74 Å². The maximum absolute atomic E-state index is 13.2. The van der Waals surface area contributed by atoms with Crippen molar-refractivity contribution >= 4 is 17.7 Å². The second-order valence-corrected chi connectivity index (χ2v) is 9.17. The Bertz CT molecular complexity index is 657. The average Bonchev–Trinajstić information content (AvgIpc) is 3.44. The van der Waals surface area contributed by atoms with Gasteiger partial charge in [0.1, 0.15) is 0 Å². The van der Waals surface area contributed by atoms with Gasteiger partial charge >= 0.3 is 0 Å². The molecule has 4 rings (SSSR count). The third kappa shape index (κ3) is 4.73. The summed E-state index contributed by atoms with van der Waals surface area (Å²) in [6, 6.07) is 8.63. The first-order valence-corrected chi connectivity index (χ1v) is 11.8. The van der Waals surface area contributed by atoms with E-state index in [1.54, 1.807) is 11.8 Å². The lowest BCUT2D eigenvalue weighted by Gasteiger charge is -2.37. The molecule has 0 aliphatic carbocycles. The first kappa shape index (κ1) is 20.2. The summed E-state index contributed by atoms with van der Waals surface area (Å²) in [5.74, 6) is 1.14. The van der Waals surface area contributed by atoms with Gasteiger partial charge in [-0.1, -0.05) is 19.1 Å². The maximum atomic E-state index is 13.2. The molecular formula is C22H33N3O2S. The van der Waals surface area contributed by atoms with E-state index in [4.69, 9.17) is 4.74 Å². The van der Waals surface area contributed by atoms with Crippen LogP contribution >= 0.6 is 11.8 Å². The lowest BCUT2D eigenvalue weighted by molar-refractivity contribution is 0.0742. The van der Waals surface area contributed by atoms with Crippen LogP contribution in [0.25, 0.3) is 0 Å². The summed E-state index contributed by atoms with van der Waals surface area (Å²) in [5.41, 5.74) is 0.863. The van der Waals surface area contributed by atoms with Gasteiger partial charge in [0.2, 0.25) is 0 Å². The molecule has 3 fully saturated rings. The number of carbonyl (C=O) groups is 1. The van der Waals surface area contributed by atoms with E-state index in [1.807, 2.05) is 18.2 Å². The molecule has 3 saturated heterocycles. The molecule has 0 aromatic heterocycles. The van der Waals surface area contributed by atoms with Gasteiger partial charge in [-0.2, -0.15) is 0 Å². The highest BCUT2D eigenvalue weighted by molar-refractivity contribution is 7.99. The fourth-order valence-corrected chi connectivity index (χ4v) is 5.68. The smallest absolute Gasteiger partial charge is 0.255 e. The van der Waals surface area contributed by atoms with Gasteiger partial charge in [-0.3, -0.25) is 9.69 Å². The Labute approximate surface area is 173 Å². The highest BCUT2D eigenvalue weighted by Gasteiger charge is 2.33. The van der Waals surface area contributed by atoms with Gasteiger partial charge in [-0.15, -0.1) is 11.8 Å². The summed E-state index contributed by atoms with van der Waals surface area (Å²) in [4.78, 5) is 21.5. The number of thioether (sulfide) groups is 1. The Kier molecular flexibility index (Phi) is 6.94. The van der Waals surface area contributed by atoms with Crippen molar-refractivity contribution in [2.75, 3.05) is 58.2 Å². The molecule has 0 N–H and O–H groups in total. The summed E-state index contributed by atoms with van der Waals surface area (Å²) in [6.45, 7) is 10.6. The zero-order chi connectivity index (χ0) is 19.3. The van der Waals surface area contributed by atoms with Gasteiger partial charge in [0.25, 0.3) is 5.91 Å². The minimum atomic E-state index is 0.199. The number of hydrogen-bond donors (Lipinski definition) is 0. The number of amides is 1. The Morgan fingerprint density at radius 1 is 1.14 bits per heavy atom. The van der Waals surface area contributed by atoms with Gasteiger partial charge in [0.05, 0.1) is 11.7 Å². The zero-order valence-corrected chi connectivity index (χ0v) is 17.8. The molecule has 1 aromatic carbocycles. The number of rotatable bonds is 6. The molecule has 2 unspecified atom stereocenters. The number of ether oxygens (including phenoxy) is 1. The third-order valence-corrected chi connectivity index (χ3v) is 7.59. The van der Waals surface area contributed by atoms with Gasteiger partial charge in [0, 0.05) is 62.6 Å². The fourth-order valence-electron chi connectivity index (χ4n) is 4.57. The molecule has 6 heteroatoms. The first-order chi connectivity index (χ1) is 13.7. The molecule has 3 aliphatic heterocycles. The van der Waals surface area contributed by atoms with Crippen molar-refractivity contribution in [3.05, 3.63) is 29.8 Å². The number of piperazine rings is 1. The highest BCUT2D eigenvalue weighted by atomic mass is 32.2. The first-order valence-electron chi connectivity index (χ1n) is 10.8. The maximum Gasteiger partial charge on any atom is 0.255 e. The van der Waals surface area contributed by atoms with Crippen molar-refractivity contribution in [3.63, 3.8) is 0 Å². The van der Waals surface area contributed by atoms with Crippen molar-refractivity contribution in [1.82, 2.24) is 14.7 Å². The molecule has 3 heterocycles. The Morgan fingerprint density at radius 2 is 1.96 bits per heavy atom. The van der Waals surface area contributed by atoms with Crippen LogP contribution < -0.4 is 0 Å². The minimum Gasteiger partial charge on any atom is -0.377 e. The minimum absolute atomic E-state index is 0.199. The van der Waals surface area contributed by atoms with Crippen LogP contribution in [0.4, 0.5) is 0 Å². The van der Waals surface area contributed by atoms with E-state index in [0.717, 1.165) is 87.9 Å². The molecule has 5 nitrogen and oxygen atoms in total. The lowest BCUT2D eigenvalue weighted by atomic mass is 10.2. The fraction of sp³-hybridized carbons (Fsp3) is 0.682. The second-order valence-electron chi connectivity index (χ2n) is 8.11. The average molecular weight is 404 g/mol. The van der Waals surface area contributed by atoms with Crippen LogP contribution in [0.3, 0.4) is 0 Å². The van der Waals surface area contributed by atoms with Gasteiger partial charge in [-0.25, -0.2) is 0 Å². The monoisotopic (exact) mass is 403 g/mol. The molecule has 1 amide bonds. The van der Waals surface area contributed by atoms with E-state index < -0.39 is 0 Å². The van der Waals surface area contributed by atoms with Gasteiger partial charge < -0.3 is 14.5 Å². The van der Waals surface area contributed by atoms with Crippen LogP contribution in [0.1, 0.15) is 36.5 Å². The van der Waals surface area contributed by atoms with E-state index in [0.29, 0.717) is 12.1 Å². The van der Waals surface area contributed by atoms with Crippen LogP contribution in [-0.4, -0.2) is 90.9 Å². The van der Waals surface area contributed by atoms with Crippen LogP contribution in [0.2, 0.25) is 0 Å². The molecule has 28 heavy (non-hydrogen) atoms. The number of nitrogens with zero attached hydrogens (tertiary/aromatic N) is 3. The standard InChI is InChI=1S/C22H33N3O2S/c1-2-23-11-13-24(14-12-23)18-9-10-25(16-18)22(26)20-7-3-4-8-21(20)28-17-19-6-5-15-27-19/h3-4,7-8,18-19H,2,5-6,9-17H2,1H3. The second kappa shape index (κ2) is 9.61. The molecule has 154 valence electrons. The van der Waals surface area contributed by atoms with Crippen LogP contribution in [0, 0.1) is 0 Å². The van der Waals surface area contributed by atoms with Crippen LogP contribution in [0.5, 0.6) is 0 Å². The number of hydrogen-bond acceptors (Lipinski definition) is 5. The summed E-state index contributed by atoms with van der Waals surface area (Å²) in [7, 11) is 0. The summed E-state index contributed by atoms with van der Waals surface area (Å²) in [5, 5.41) is 0. The number of benzene rings is 1. The van der Waals surface area contributed by atoms with Crippen LogP contribution in [0.15, 0.2) is 29.2 Å². The van der Waals surface area contributed by atoms with E-state index in [1.165, 1.54) is 0 Å².